The number of aromatic nitrogens is 4. The van der Waals surface area contributed by atoms with E-state index < -0.39 is 23.6 Å². The maximum absolute atomic E-state index is 12.8. The van der Waals surface area contributed by atoms with E-state index in [1.165, 1.54) is 54.1 Å². The van der Waals surface area contributed by atoms with Gasteiger partial charge in [-0.2, -0.15) is 23.4 Å². The van der Waals surface area contributed by atoms with Crippen LogP contribution in [0.15, 0.2) is 42.7 Å². The first-order valence-corrected chi connectivity index (χ1v) is 8.44. The Morgan fingerprint density at radius 1 is 1.23 bits per heavy atom. The summed E-state index contributed by atoms with van der Waals surface area (Å²) in [5.74, 6) is -1.29. The van der Waals surface area contributed by atoms with Gasteiger partial charge in [-0.1, -0.05) is 6.07 Å². The number of halogens is 3. The number of methoxy groups -OCH3 is 1. The van der Waals surface area contributed by atoms with Gasteiger partial charge in [-0.05, 0) is 24.3 Å². The second-order valence-electron chi connectivity index (χ2n) is 6.02. The van der Waals surface area contributed by atoms with Crippen LogP contribution in [0.5, 0.6) is 5.75 Å². The van der Waals surface area contributed by atoms with Gasteiger partial charge >= 0.3 is 12.1 Å². The molecule has 0 spiro atoms. The van der Waals surface area contributed by atoms with Crippen LogP contribution in [-0.2, 0) is 24.7 Å². The number of carbonyl (C=O) groups is 2. The minimum absolute atomic E-state index is 0.00214. The summed E-state index contributed by atoms with van der Waals surface area (Å²) in [5.41, 5.74) is -0.636. The van der Waals surface area contributed by atoms with Crippen molar-refractivity contribution in [2.75, 3.05) is 12.4 Å². The van der Waals surface area contributed by atoms with Crippen LogP contribution in [0.3, 0.4) is 0 Å². The minimum Gasteiger partial charge on any atom is -0.471 e. The highest BCUT2D eigenvalue weighted by Gasteiger charge is 2.30. The number of hydrogen-bond acceptors (Lipinski definition) is 6. The van der Waals surface area contributed by atoms with E-state index in [4.69, 9.17) is 4.74 Å². The molecule has 0 radical (unpaired) electrons. The van der Waals surface area contributed by atoms with Crippen LogP contribution in [0.2, 0.25) is 0 Å². The average molecular weight is 423 g/mol. The van der Waals surface area contributed by atoms with E-state index in [0.717, 1.165) is 12.1 Å². The molecular weight excluding hydrogens is 407 g/mol. The van der Waals surface area contributed by atoms with Crippen molar-refractivity contribution in [3.05, 3.63) is 59.7 Å². The van der Waals surface area contributed by atoms with Crippen molar-refractivity contribution in [1.29, 1.82) is 0 Å². The number of alkyl halides is 3. The number of nitrogens with zero attached hydrogens (tertiary/aromatic N) is 4. The number of hydrogen-bond donors (Lipinski definition) is 1. The molecule has 1 N–H and O–H groups in total. The van der Waals surface area contributed by atoms with Gasteiger partial charge in [0.1, 0.15) is 5.75 Å². The Hall–Kier alpha value is -3.83. The first kappa shape index (κ1) is 20.9. The molecule has 0 unspecified atom stereocenters. The van der Waals surface area contributed by atoms with E-state index in [2.05, 4.69) is 20.3 Å². The molecule has 0 saturated heterocycles. The second-order valence-corrected chi connectivity index (χ2v) is 6.02. The summed E-state index contributed by atoms with van der Waals surface area (Å²) in [6.07, 6.45) is -1.77. The average Bonchev–Trinajstić information content (AvgIpc) is 3.32. The lowest BCUT2D eigenvalue weighted by molar-refractivity contribution is -0.137. The van der Waals surface area contributed by atoms with E-state index >= 15 is 0 Å². The molecule has 0 aliphatic carbocycles. The number of esters is 1. The Bertz CT molecular complexity index is 1070. The van der Waals surface area contributed by atoms with Gasteiger partial charge in [0.15, 0.2) is 18.1 Å². The van der Waals surface area contributed by atoms with Crippen LogP contribution in [0.25, 0.3) is 0 Å². The van der Waals surface area contributed by atoms with Gasteiger partial charge in [0, 0.05) is 13.2 Å². The second kappa shape index (κ2) is 8.27. The Morgan fingerprint density at radius 2 is 2.00 bits per heavy atom. The SMILES string of the molecule is COC(=O)c1c(NC(=O)c2ccn(COc3cccc(C(F)(F)F)c3)n2)cnn1C. The molecule has 9 nitrogen and oxygen atoms in total. The molecule has 30 heavy (non-hydrogen) atoms. The Balaban J connectivity index is 1.66. The van der Waals surface area contributed by atoms with Gasteiger partial charge in [0.05, 0.1) is 24.6 Å². The number of rotatable bonds is 6. The van der Waals surface area contributed by atoms with E-state index in [1.807, 2.05) is 0 Å². The molecule has 0 aliphatic heterocycles. The lowest BCUT2D eigenvalue weighted by Crippen LogP contribution is -2.17. The van der Waals surface area contributed by atoms with E-state index in [1.54, 1.807) is 0 Å². The smallest absolute Gasteiger partial charge is 0.416 e. The normalized spacial score (nSPS) is 11.2. The molecule has 2 heterocycles. The third-order valence-corrected chi connectivity index (χ3v) is 3.96. The monoisotopic (exact) mass is 423 g/mol. The zero-order valence-electron chi connectivity index (χ0n) is 15.8. The third kappa shape index (κ3) is 4.59. The van der Waals surface area contributed by atoms with Crippen molar-refractivity contribution in [1.82, 2.24) is 19.6 Å². The lowest BCUT2D eigenvalue weighted by Gasteiger charge is -2.10. The molecule has 0 fully saturated rings. The molecule has 12 heteroatoms. The molecule has 158 valence electrons. The molecule has 0 saturated carbocycles. The summed E-state index contributed by atoms with van der Waals surface area (Å²) in [6.45, 7) is -0.213. The van der Waals surface area contributed by atoms with Gasteiger partial charge < -0.3 is 14.8 Å². The van der Waals surface area contributed by atoms with E-state index in [0.29, 0.717) is 0 Å². The molecule has 0 aliphatic rings. The van der Waals surface area contributed by atoms with Crippen LogP contribution < -0.4 is 10.1 Å². The largest absolute Gasteiger partial charge is 0.471 e. The maximum Gasteiger partial charge on any atom is 0.416 e. The maximum atomic E-state index is 12.8. The zero-order valence-corrected chi connectivity index (χ0v) is 15.8. The highest BCUT2D eigenvalue weighted by Crippen LogP contribution is 2.31. The Morgan fingerprint density at radius 3 is 2.70 bits per heavy atom. The fourth-order valence-corrected chi connectivity index (χ4v) is 2.51. The standard InChI is InChI=1S/C18H16F3N5O4/c1-25-15(17(28)29-2)14(9-22-25)23-16(27)13-6-7-26(24-13)10-30-12-5-3-4-11(8-12)18(19,20)21/h3-9H,10H2,1-2H3,(H,23,27). The van der Waals surface area contributed by atoms with Crippen LogP contribution in [0, 0.1) is 0 Å². The summed E-state index contributed by atoms with van der Waals surface area (Å²) in [5, 5.41) is 10.4. The van der Waals surface area contributed by atoms with Crippen LogP contribution in [-0.4, -0.2) is 38.5 Å². The van der Waals surface area contributed by atoms with Gasteiger partial charge in [0.25, 0.3) is 5.91 Å². The first-order chi connectivity index (χ1) is 14.2. The summed E-state index contributed by atoms with van der Waals surface area (Å²) < 4.78 is 50.7. The molecule has 0 atom stereocenters. The molecule has 3 aromatic rings. The van der Waals surface area contributed by atoms with Gasteiger partial charge in [-0.15, -0.1) is 0 Å². The molecular formula is C18H16F3N5O4. The van der Waals surface area contributed by atoms with Crippen molar-refractivity contribution in [3.63, 3.8) is 0 Å². The fourth-order valence-electron chi connectivity index (χ4n) is 2.51. The van der Waals surface area contributed by atoms with Gasteiger partial charge in [0.2, 0.25) is 0 Å². The molecule has 2 aromatic heterocycles. The fraction of sp³-hybridized carbons (Fsp3) is 0.222. The highest BCUT2D eigenvalue weighted by molar-refractivity contribution is 6.06. The molecule has 0 bridgehead atoms. The quantitative estimate of drug-likeness (QED) is 0.612. The predicted molar refractivity (Wildman–Crippen MR) is 96.8 cm³/mol. The van der Waals surface area contributed by atoms with Crippen molar-refractivity contribution >= 4 is 17.6 Å². The van der Waals surface area contributed by atoms with Crippen molar-refractivity contribution in [3.8, 4) is 5.75 Å². The van der Waals surface area contributed by atoms with Crippen molar-refractivity contribution in [2.24, 2.45) is 7.05 Å². The summed E-state index contributed by atoms with van der Waals surface area (Å²) in [6, 6.07) is 5.80. The first-order valence-electron chi connectivity index (χ1n) is 8.44. The number of benzene rings is 1. The van der Waals surface area contributed by atoms with Crippen LogP contribution in [0.1, 0.15) is 26.5 Å². The van der Waals surface area contributed by atoms with Crippen LogP contribution >= 0.6 is 0 Å². The van der Waals surface area contributed by atoms with Crippen molar-refractivity contribution < 1.29 is 32.2 Å². The Labute approximate surface area is 168 Å². The molecule has 1 aromatic carbocycles. The van der Waals surface area contributed by atoms with E-state index in [9.17, 15) is 22.8 Å². The number of anilines is 1. The number of ether oxygens (including phenoxy) is 2. The Kier molecular flexibility index (Phi) is 5.76. The number of amides is 1. The van der Waals surface area contributed by atoms with Crippen molar-refractivity contribution in [2.45, 2.75) is 12.9 Å². The van der Waals surface area contributed by atoms with E-state index in [-0.39, 0.29) is 29.6 Å². The summed E-state index contributed by atoms with van der Waals surface area (Å²) >= 11 is 0. The minimum atomic E-state index is -4.48. The molecule has 1 amide bonds. The van der Waals surface area contributed by atoms with Crippen LogP contribution in [0.4, 0.5) is 18.9 Å². The summed E-state index contributed by atoms with van der Waals surface area (Å²) in [7, 11) is 2.72. The number of nitrogens with one attached hydrogen (secondary N) is 1. The van der Waals surface area contributed by atoms with Gasteiger partial charge in [-0.25, -0.2) is 9.48 Å². The number of carbonyl (C=O) groups excluding carboxylic acids is 2. The predicted octanol–water partition coefficient (Wildman–Crippen LogP) is 2.71. The third-order valence-electron chi connectivity index (χ3n) is 3.96. The summed E-state index contributed by atoms with van der Waals surface area (Å²) in [4.78, 5) is 24.2. The number of aryl methyl sites for hydroxylation is 1. The highest BCUT2D eigenvalue weighted by atomic mass is 19.4. The zero-order chi connectivity index (χ0) is 21.9. The lowest BCUT2D eigenvalue weighted by atomic mass is 10.2. The van der Waals surface area contributed by atoms with Gasteiger partial charge in [-0.3, -0.25) is 9.48 Å². The topological polar surface area (TPSA) is 100 Å². The molecule has 3 rings (SSSR count).